The van der Waals surface area contributed by atoms with Gasteiger partial charge in [0.05, 0.1) is 12.2 Å². The van der Waals surface area contributed by atoms with Crippen LogP contribution in [-0.2, 0) is 19.6 Å². The van der Waals surface area contributed by atoms with Crippen molar-refractivity contribution in [2.45, 2.75) is 47.3 Å². The second kappa shape index (κ2) is 8.56. The summed E-state index contributed by atoms with van der Waals surface area (Å²) in [6.45, 7) is 10.7. The Kier molecular flexibility index (Phi) is 6.14. The summed E-state index contributed by atoms with van der Waals surface area (Å²) < 4.78 is 3.95. The van der Waals surface area contributed by atoms with Gasteiger partial charge in [-0.2, -0.15) is 10.2 Å². The van der Waals surface area contributed by atoms with Crippen molar-refractivity contribution in [3.8, 4) is 0 Å². The van der Waals surface area contributed by atoms with E-state index in [4.69, 9.17) is 12.2 Å². The molecule has 2 heterocycles. The third kappa shape index (κ3) is 4.42. The van der Waals surface area contributed by atoms with Gasteiger partial charge in [-0.25, -0.2) is 0 Å². The lowest BCUT2D eigenvalue weighted by Crippen LogP contribution is -2.31. The maximum absolute atomic E-state index is 5.58. The average molecular weight is 397 g/mol. The van der Waals surface area contributed by atoms with Crippen LogP contribution in [0.5, 0.6) is 0 Å². The van der Waals surface area contributed by atoms with Crippen LogP contribution in [0.1, 0.15) is 35.0 Å². The van der Waals surface area contributed by atoms with Gasteiger partial charge in [0.1, 0.15) is 0 Å². The van der Waals surface area contributed by atoms with Gasteiger partial charge in [0.15, 0.2) is 10.9 Å². The highest BCUT2D eigenvalue weighted by molar-refractivity contribution is 7.80. The highest BCUT2D eigenvalue weighted by Gasteiger charge is 2.15. The van der Waals surface area contributed by atoms with E-state index in [1.165, 1.54) is 22.4 Å². The molecule has 0 saturated heterocycles. The molecule has 0 amide bonds. The van der Waals surface area contributed by atoms with E-state index in [0.29, 0.717) is 11.7 Å². The zero-order valence-electron chi connectivity index (χ0n) is 17.2. The summed E-state index contributed by atoms with van der Waals surface area (Å²) in [5.74, 6) is 0.753. The molecular formula is C21H28N6S. The molecule has 2 aromatic heterocycles. The minimum Gasteiger partial charge on any atom is -0.348 e. The van der Waals surface area contributed by atoms with Crippen LogP contribution in [0, 0.1) is 20.8 Å². The van der Waals surface area contributed by atoms with Crippen molar-refractivity contribution < 1.29 is 0 Å². The average Bonchev–Trinajstić information content (AvgIpc) is 3.22. The van der Waals surface area contributed by atoms with Gasteiger partial charge in [-0.3, -0.25) is 9.36 Å². The molecule has 28 heavy (non-hydrogen) atoms. The lowest BCUT2D eigenvalue weighted by molar-refractivity contribution is 0.504. The first-order valence-corrected chi connectivity index (χ1v) is 9.92. The molecule has 0 aliphatic rings. The van der Waals surface area contributed by atoms with Crippen molar-refractivity contribution in [3.05, 3.63) is 64.6 Å². The number of hydrogen-bond acceptors (Lipinski definition) is 3. The quantitative estimate of drug-likeness (QED) is 0.641. The molecule has 6 nitrogen and oxygen atoms in total. The number of nitrogens with zero attached hydrogens (tertiary/aromatic N) is 5. The van der Waals surface area contributed by atoms with Crippen molar-refractivity contribution in [2.24, 2.45) is 0 Å². The molecule has 0 unspecified atom stereocenters. The molecule has 0 atom stereocenters. The van der Waals surface area contributed by atoms with Crippen molar-refractivity contribution in [1.82, 2.24) is 24.5 Å². The Balaban J connectivity index is 1.63. The van der Waals surface area contributed by atoms with E-state index in [9.17, 15) is 0 Å². The molecule has 148 valence electrons. The van der Waals surface area contributed by atoms with Gasteiger partial charge in [0.25, 0.3) is 0 Å². The molecule has 3 aromatic rings. The second-order valence-electron chi connectivity index (χ2n) is 7.08. The minimum absolute atomic E-state index is 0.643. The van der Waals surface area contributed by atoms with Crippen molar-refractivity contribution in [2.75, 3.05) is 12.4 Å². The number of benzene rings is 1. The van der Waals surface area contributed by atoms with E-state index in [-0.39, 0.29) is 0 Å². The Bertz CT molecular complexity index is 971. The first-order chi connectivity index (χ1) is 13.4. The highest BCUT2D eigenvalue weighted by Crippen LogP contribution is 2.16. The van der Waals surface area contributed by atoms with Crippen LogP contribution < -0.4 is 5.32 Å². The van der Waals surface area contributed by atoms with Gasteiger partial charge >= 0.3 is 0 Å². The molecule has 3 rings (SSSR count). The smallest absolute Gasteiger partial charge is 0.174 e. The molecule has 1 aromatic carbocycles. The topological polar surface area (TPSA) is 50.9 Å². The predicted octanol–water partition coefficient (Wildman–Crippen LogP) is 3.90. The number of aryl methyl sites for hydroxylation is 3. The van der Waals surface area contributed by atoms with Crippen LogP contribution in [0.4, 0.5) is 5.82 Å². The number of anilines is 1. The molecule has 0 radical (unpaired) electrons. The number of aromatic nitrogens is 4. The van der Waals surface area contributed by atoms with Crippen LogP contribution in [0.3, 0.4) is 0 Å². The maximum Gasteiger partial charge on any atom is 0.174 e. The Hall–Kier alpha value is -2.67. The summed E-state index contributed by atoms with van der Waals surface area (Å²) in [5.41, 5.74) is 5.99. The van der Waals surface area contributed by atoms with E-state index in [0.717, 1.165) is 24.6 Å². The molecule has 0 spiro atoms. The van der Waals surface area contributed by atoms with Gasteiger partial charge < -0.3 is 10.2 Å². The molecule has 0 aliphatic heterocycles. The fraction of sp³-hybridized carbons (Fsp3) is 0.381. The zero-order chi connectivity index (χ0) is 20.3. The van der Waals surface area contributed by atoms with Crippen LogP contribution in [-0.4, -0.2) is 36.6 Å². The van der Waals surface area contributed by atoms with Gasteiger partial charge in [0, 0.05) is 43.7 Å². The number of rotatable bonds is 6. The van der Waals surface area contributed by atoms with Gasteiger partial charge in [-0.15, -0.1) is 0 Å². The van der Waals surface area contributed by atoms with Crippen molar-refractivity contribution in [1.29, 1.82) is 0 Å². The third-order valence-electron chi connectivity index (χ3n) is 5.04. The van der Waals surface area contributed by atoms with Gasteiger partial charge in [-0.1, -0.05) is 24.3 Å². The fourth-order valence-corrected chi connectivity index (χ4v) is 3.43. The predicted molar refractivity (Wildman–Crippen MR) is 118 cm³/mol. The lowest BCUT2D eigenvalue weighted by atomic mass is 10.1. The first-order valence-electron chi connectivity index (χ1n) is 9.52. The van der Waals surface area contributed by atoms with Crippen LogP contribution >= 0.6 is 12.2 Å². The second-order valence-corrected chi connectivity index (χ2v) is 7.46. The van der Waals surface area contributed by atoms with E-state index in [1.54, 1.807) is 0 Å². The Morgan fingerprint density at radius 3 is 2.57 bits per heavy atom. The van der Waals surface area contributed by atoms with Gasteiger partial charge in [-0.05, 0) is 51.0 Å². The highest BCUT2D eigenvalue weighted by atomic mass is 32.1. The normalized spacial score (nSPS) is 10.9. The Morgan fingerprint density at radius 2 is 1.89 bits per heavy atom. The summed E-state index contributed by atoms with van der Waals surface area (Å²) in [7, 11) is 1.99. The summed E-state index contributed by atoms with van der Waals surface area (Å²) in [6, 6.07) is 10.3. The summed E-state index contributed by atoms with van der Waals surface area (Å²) in [4.78, 5) is 2.02. The number of thiocarbonyl (C=S) groups is 1. The molecule has 0 fully saturated rings. The first kappa shape index (κ1) is 20.1. The molecule has 7 heteroatoms. The van der Waals surface area contributed by atoms with Crippen molar-refractivity contribution >= 4 is 23.1 Å². The molecule has 0 aliphatic carbocycles. The van der Waals surface area contributed by atoms with E-state index >= 15 is 0 Å². The third-order valence-corrected chi connectivity index (χ3v) is 5.46. The standard InChI is InChI=1S/C21H28N6S/c1-6-27-17(4)19(16(3)23-27)14-25(5)21(28)22-20-11-12-26(24-20)13-18-10-8-7-9-15(18)2/h7-12H,6,13-14H2,1-5H3,(H,22,24,28). The molecule has 1 N–H and O–H groups in total. The summed E-state index contributed by atoms with van der Waals surface area (Å²) >= 11 is 5.58. The number of nitrogens with one attached hydrogen (secondary N) is 1. The van der Waals surface area contributed by atoms with E-state index in [2.05, 4.69) is 60.6 Å². The largest absolute Gasteiger partial charge is 0.348 e. The monoisotopic (exact) mass is 396 g/mol. The fourth-order valence-electron chi connectivity index (χ4n) is 3.26. The Morgan fingerprint density at radius 1 is 1.14 bits per heavy atom. The maximum atomic E-state index is 5.58. The molecule has 0 bridgehead atoms. The summed E-state index contributed by atoms with van der Waals surface area (Å²) in [5, 5.41) is 13.1. The zero-order valence-corrected chi connectivity index (χ0v) is 18.0. The summed E-state index contributed by atoms with van der Waals surface area (Å²) in [6.07, 6.45) is 1.97. The van der Waals surface area contributed by atoms with Crippen LogP contribution in [0.25, 0.3) is 0 Å². The van der Waals surface area contributed by atoms with E-state index < -0.39 is 0 Å². The van der Waals surface area contributed by atoms with Crippen molar-refractivity contribution in [3.63, 3.8) is 0 Å². The lowest BCUT2D eigenvalue weighted by Gasteiger charge is -2.20. The number of hydrogen-bond donors (Lipinski definition) is 1. The van der Waals surface area contributed by atoms with E-state index in [1.807, 2.05) is 40.5 Å². The van der Waals surface area contributed by atoms with Crippen LogP contribution in [0.15, 0.2) is 36.5 Å². The molecular weight excluding hydrogens is 368 g/mol. The minimum atomic E-state index is 0.643. The Labute approximate surface area is 172 Å². The SMILES string of the molecule is CCn1nc(C)c(CN(C)C(=S)Nc2ccn(Cc3ccccc3C)n2)c1C. The van der Waals surface area contributed by atoms with Crippen LogP contribution in [0.2, 0.25) is 0 Å². The molecule has 0 saturated carbocycles. The van der Waals surface area contributed by atoms with Gasteiger partial charge in [0.2, 0.25) is 0 Å².